The number of methoxy groups -OCH3 is 2. The average molecular weight is 369 g/mol. The van der Waals surface area contributed by atoms with Crippen molar-refractivity contribution < 1.29 is 23.7 Å². The van der Waals surface area contributed by atoms with Crippen molar-refractivity contribution in [2.45, 2.75) is 25.3 Å². The van der Waals surface area contributed by atoms with Gasteiger partial charge in [-0.25, -0.2) is 0 Å². The first-order chi connectivity index (χ1) is 13.2. The molecule has 1 atom stereocenters. The molecule has 0 spiro atoms. The third kappa shape index (κ3) is 3.39. The molecule has 2 aliphatic rings. The number of carbonyl (C=O) groups is 1. The summed E-state index contributed by atoms with van der Waals surface area (Å²) in [5.41, 5.74) is 2.86. The largest absolute Gasteiger partial charge is 0.493 e. The highest BCUT2D eigenvalue weighted by atomic mass is 16.6. The molecule has 1 aliphatic carbocycles. The van der Waals surface area contributed by atoms with Gasteiger partial charge in [0.2, 0.25) is 0 Å². The molecule has 6 heteroatoms. The maximum absolute atomic E-state index is 12.8. The Morgan fingerprint density at radius 2 is 1.78 bits per heavy atom. The number of fused-ring (bicyclic) bond motifs is 2. The van der Waals surface area contributed by atoms with Gasteiger partial charge in [-0.15, -0.1) is 0 Å². The van der Waals surface area contributed by atoms with E-state index in [1.807, 2.05) is 6.07 Å². The zero-order valence-electron chi connectivity index (χ0n) is 15.5. The second kappa shape index (κ2) is 7.39. The number of hydrogen-bond donors (Lipinski definition) is 1. The second-order valence-electron chi connectivity index (χ2n) is 6.68. The Hall–Kier alpha value is -2.89. The first-order valence-corrected chi connectivity index (χ1v) is 9.15. The van der Waals surface area contributed by atoms with E-state index in [1.165, 1.54) is 5.56 Å². The van der Waals surface area contributed by atoms with E-state index in [2.05, 4.69) is 11.4 Å². The number of aryl methyl sites for hydroxylation is 1. The van der Waals surface area contributed by atoms with Gasteiger partial charge < -0.3 is 24.3 Å². The predicted octanol–water partition coefficient (Wildman–Crippen LogP) is 3.28. The van der Waals surface area contributed by atoms with Gasteiger partial charge in [0, 0.05) is 5.56 Å². The number of nitrogens with one attached hydrogen (secondary N) is 1. The van der Waals surface area contributed by atoms with E-state index in [9.17, 15) is 4.79 Å². The summed E-state index contributed by atoms with van der Waals surface area (Å²) in [6.07, 6.45) is 2.89. The molecule has 1 aliphatic heterocycles. The molecule has 1 heterocycles. The fourth-order valence-electron chi connectivity index (χ4n) is 3.71. The molecule has 0 saturated carbocycles. The molecule has 4 rings (SSSR count). The smallest absolute Gasteiger partial charge is 0.251 e. The van der Waals surface area contributed by atoms with Crippen molar-refractivity contribution in [2.24, 2.45) is 0 Å². The molecule has 2 aromatic rings. The third-order valence-corrected chi connectivity index (χ3v) is 5.07. The summed E-state index contributed by atoms with van der Waals surface area (Å²) in [5.74, 6) is 2.55. The molecule has 0 fully saturated rings. The molecular formula is C21H23NO5. The van der Waals surface area contributed by atoms with Crippen molar-refractivity contribution in [3.05, 3.63) is 47.0 Å². The zero-order valence-corrected chi connectivity index (χ0v) is 15.5. The van der Waals surface area contributed by atoms with Crippen LogP contribution in [-0.2, 0) is 6.42 Å². The summed E-state index contributed by atoms with van der Waals surface area (Å²) in [7, 11) is 3.13. The minimum Gasteiger partial charge on any atom is -0.493 e. The molecule has 1 unspecified atom stereocenters. The lowest BCUT2D eigenvalue weighted by Gasteiger charge is -2.29. The minimum absolute atomic E-state index is 0.0508. The average Bonchev–Trinajstić information content (AvgIpc) is 2.72. The van der Waals surface area contributed by atoms with Gasteiger partial charge in [-0.05, 0) is 60.7 Å². The van der Waals surface area contributed by atoms with Crippen LogP contribution >= 0.6 is 0 Å². The van der Waals surface area contributed by atoms with Gasteiger partial charge in [0.1, 0.15) is 13.2 Å². The van der Waals surface area contributed by atoms with Crippen LogP contribution in [0, 0.1) is 0 Å². The zero-order chi connectivity index (χ0) is 18.8. The Morgan fingerprint density at radius 3 is 2.52 bits per heavy atom. The highest BCUT2D eigenvalue weighted by Gasteiger charge is 2.26. The maximum Gasteiger partial charge on any atom is 0.251 e. The van der Waals surface area contributed by atoms with Crippen molar-refractivity contribution in [3.63, 3.8) is 0 Å². The lowest BCUT2D eigenvalue weighted by molar-refractivity contribution is 0.0932. The van der Waals surface area contributed by atoms with Crippen LogP contribution in [0.3, 0.4) is 0 Å². The minimum atomic E-state index is -0.135. The molecule has 2 aromatic carbocycles. The van der Waals surface area contributed by atoms with Crippen LogP contribution in [0.1, 0.15) is 40.4 Å². The van der Waals surface area contributed by atoms with Gasteiger partial charge in [-0.3, -0.25) is 4.79 Å². The van der Waals surface area contributed by atoms with E-state index in [4.69, 9.17) is 18.9 Å². The van der Waals surface area contributed by atoms with Crippen LogP contribution in [0.2, 0.25) is 0 Å². The number of ether oxygens (including phenoxy) is 4. The van der Waals surface area contributed by atoms with Gasteiger partial charge in [-0.2, -0.15) is 0 Å². The molecule has 142 valence electrons. The van der Waals surface area contributed by atoms with E-state index in [0.717, 1.165) is 36.3 Å². The number of hydrogen-bond acceptors (Lipinski definition) is 5. The SMILES string of the molecule is COc1ccc(C(=O)NC2CCCc3cc4c(cc32)OCCO4)cc1OC. The fourth-order valence-corrected chi connectivity index (χ4v) is 3.71. The monoisotopic (exact) mass is 369 g/mol. The topological polar surface area (TPSA) is 66.0 Å². The normalized spacial score (nSPS) is 17.6. The molecule has 0 radical (unpaired) electrons. The standard InChI is InChI=1S/C21H23NO5/c1-24-17-7-6-14(11-18(17)25-2)21(23)22-16-5-3-4-13-10-19-20(12-15(13)16)27-9-8-26-19/h6-7,10-12,16H,3-5,8-9H2,1-2H3,(H,22,23). The van der Waals surface area contributed by atoms with Gasteiger partial charge in [0.15, 0.2) is 23.0 Å². The van der Waals surface area contributed by atoms with Crippen molar-refractivity contribution in [3.8, 4) is 23.0 Å². The van der Waals surface area contributed by atoms with E-state index >= 15 is 0 Å². The van der Waals surface area contributed by atoms with Crippen molar-refractivity contribution in [2.75, 3.05) is 27.4 Å². The molecular weight excluding hydrogens is 346 g/mol. The lowest BCUT2D eigenvalue weighted by Crippen LogP contribution is -2.31. The Labute approximate surface area is 158 Å². The summed E-state index contributed by atoms with van der Waals surface area (Å²) >= 11 is 0. The molecule has 27 heavy (non-hydrogen) atoms. The van der Waals surface area contributed by atoms with E-state index in [0.29, 0.717) is 30.3 Å². The van der Waals surface area contributed by atoms with Crippen LogP contribution in [0.15, 0.2) is 30.3 Å². The highest BCUT2D eigenvalue weighted by molar-refractivity contribution is 5.95. The summed E-state index contributed by atoms with van der Waals surface area (Å²) in [6, 6.07) is 9.20. The van der Waals surface area contributed by atoms with Gasteiger partial charge in [0.05, 0.1) is 20.3 Å². The maximum atomic E-state index is 12.8. The molecule has 0 bridgehead atoms. The number of rotatable bonds is 4. The first kappa shape index (κ1) is 17.5. The lowest BCUT2D eigenvalue weighted by atomic mass is 9.87. The second-order valence-corrected chi connectivity index (χ2v) is 6.68. The fraction of sp³-hybridized carbons (Fsp3) is 0.381. The van der Waals surface area contributed by atoms with Gasteiger partial charge >= 0.3 is 0 Å². The molecule has 1 amide bonds. The molecule has 0 aromatic heterocycles. The van der Waals surface area contributed by atoms with Crippen molar-refractivity contribution >= 4 is 5.91 Å². The van der Waals surface area contributed by atoms with Crippen LogP contribution in [0.25, 0.3) is 0 Å². The highest BCUT2D eigenvalue weighted by Crippen LogP contribution is 2.39. The Morgan fingerprint density at radius 1 is 1.04 bits per heavy atom. The van der Waals surface area contributed by atoms with Crippen LogP contribution in [-0.4, -0.2) is 33.3 Å². The van der Waals surface area contributed by atoms with E-state index < -0.39 is 0 Å². The van der Waals surface area contributed by atoms with Crippen molar-refractivity contribution in [1.82, 2.24) is 5.32 Å². The Balaban J connectivity index is 1.58. The van der Waals surface area contributed by atoms with Gasteiger partial charge in [0.25, 0.3) is 5.91 Å². The van der Waals surface area contributed by atoms with Gasteiger partial charge in [-0.1, -0.05) is 0 Å². The van der Waals surface area contributed by atoms with E-state index in [1.54, 1.807) is 32.4 Å². The molecule has 6 nitrogen and oxygen atoms in total. The summed E-state index contributed by atoms with van der Waals surface area (Å²) in [5, 5.41) is 3.16. The summed E-state index contributed by atoms with van der Waals surface area (Å²) in [4.78, 5) is 12.8. The third-order valence-electron chi connectivity index (χ3n) is 5.07. The summed E-state index contributed by atoms with van der Waals surface area (Å²) < 4.78 is 21.9. The van der Waals surface area contributed by atoms with Crippen LogP contribution < -0.4 is 24.3 Å². The van der Waals surface area contributed by atoms with Crippen molar-refractivity contribution in [1.29, 1.82) is 0 Å². The first-order valence-electron chi connectivity index (χ1n) is 9.15. The predicted molar refractivity (Wildman–Crippen MR) is 100 cm³/mol. The molecule has 1 N–H and O–H groups in total. The number of benzene rings is 2. The Bertz CT molecular complexity index is 864. The quantitative estimate of drug-likeness (QED) is 0.896. The number of carbonyl (C=O) groups excluding carboxylic acids is 1. The number of amides is 1. The summed E-state index contributed by atoms with van der Waals surface area (Å²) in [6.45, 7) is 1.12. The Kier molecular flexibility index (Phi) is 4.79. The van der Waals surface area contributed by atoms with Crippen LogP contribution in [0.4, 0.5) is 0 Å². The van der Waals surface area contributed by atoms with E-state index in [-0.39, 0.29) is 11.9 Å². The van der Waals surface area contributed by atoms with Crippen LogP contribution in [0.5, 0.6) is 23.0 Å². The molecule has 0 saturated heterocycles.